The molecule has 0 saturated carbocycles. The Hall–Kier alpha value is -0.900. The second kappa shape index (κ2) is 17.2. The molecule has 0 aromatic carbocycles. The zero-order valence-corrected chi connectivity index (χ0v) is 18.8. The summed E-state index contributed by atoms with van der Waals surface area (Å²) in [7, 11) is 3.79. The van der Waals surface area contributed by atoms with E-state index in [1.54, 1.807) is 6.92 Å². The Labute approximate surface area is 169 Å². The second-order valence-electron chi connectivity index (χ2n) is 8.42. The topological polar surface area (TPSA) is 49.7 Å². The average molecular weight is 387 g/mol. The molecular weight excluding hydrogens is 338 g/mol. The van der Waals surface area contributed by atoms with Crippen molar-refractivity contribution in [2.75, 3.05) is 27.2 Å². The maximum Gasteiger partial charge on any atom is 0.382 e. The molecule has 4 heteroatoms. The zero-order chi connectivity index (χ0) is 20.4. The summed E-state index contributed by atoms with van der Waals surface area (Å²) in [5.41, 5.74) is 0. The van der Waals surface area contributed by atoms with Crippen molar-refractivity contribution in [2.45, 2.75) is 110 Å². The molecule has 0 fully saturated rings. The van der Waals surface area contributed by atoms with Crippen LogP contribution in [0.2, 0.25) is 0 Å². The first kappa shape index (κ1) is 26.1. The van der Waals surface area contributed by atoms with E-state index in [0.29, 0.717) is 6.61 Å². The molecule has 2 N–H and O–H groups in total. The third-order valence-corrected chi connectivity index (χ3v) is 5.37. The Morgan fingerprint density at radius 3 is 1.37 bits per heavy atom. The van der Waals surface area contributed by atoms with Crippen molar-refractivity contribution < 1.29 is 19.4 Å². The maximum absolute atomic E-state index is 10.1. The number of aliphatic hydroxyl groups excluding tert-OH is 2. The van der Waals surface area contributed by atoms with Crippen molar-refractivity contribution in [3.8, 4) is 0 Å². The van der Waals surface area contributed by atoms with Crippen molar-refractivity contribution in [1.29, 1.82) is 0 Å². The summed E-state index contributed by atoms with van der Waals surface area (Å²) < 4.78 is 5.26. The van der Waals surface area contributed by atoms with Crippen LogP contribution in [0.3, 0.4) is 0 Å². The number of rotatable bonds is 19. The fraction of sp³-hybridized carbons (Fsp3) is 0.913. The minimum absolute atomic E-state index is 0.0813. The molecule has 0 aliphatic heterocycles. The van der Waals surface area contributed by atoms with Gasteiger partial charge in [0.2, 0.25) is 0 Å². The quantitative estimate of drug-likeness (QED) is 0.140. The highest BCUT2D eigenvalue weighted by Gasteiger charge is 2.26. The molecule has 162 valence electrons. The predicted molar refractivity (Wildman–Crippen MR) is 116 cm³/mol. The molecule has 0 aromatic heterocycles. The molecule has 0 unspecified atom stereocenters. The Kier molecular flexibility index (Phi) is 16.6. The molecule has 0 bridgehead atoms. The van der Waals surface area contributed by atoms with E-state index >= 15 is 0 Å². The van der Waals surface area contributed by atoms with Crippen LogP contribution in [-0.4, -0.2) is 41.9 Å². The molecule has 0 heterocycles. The number of quaternary nitrogens is 1. The van der Waals surface area contributed by atoms with Crippen LogP contribution < -0.4 is 0 Å². The highest BCUT2D eigenvalue weighted by molar-refractivity contribution is 4.81. The molecule has 0 radical (unpaired) electrons. The van der Waals surface area contributed by atoms with E-state index in [0.717, 1.165) is 13.0 Å². The molecule has 0 atom stereocenters. The van der Waals surface area contributed by atoms with Gasteiger partial charge in [-0.05, 0) is 19.8 Å². The van der Waals surface area contributed by atoms with E-state index in [2.05, 4.69) is 6.92 Å². The number of hydrogen-bond donors (Lipinski definition) is 2. The fourth-order valence-electron chi connectivity index (χ4n) is 3.44. The van der Waals surface area contributed by atoms with E-state index in [1.807, 2.05) is 14.1 Å². The van der Waals surface area contributed by atoms with Gasteiger partial charge in [-0.3, -0.25) is 4.48 Å². The van der Waals surface area contributed by atoms with Gasteiger partial charge in [0.25, 0.3) is 0 Å². The lowest BCUT2D eigenvalue weighted by atomic mass is 10.0. The second-order valence-corrected chi connectivity index (χ2v) is 8.42. The molecule has 0 saturated heterocycles. The van der Waals surface area contributed by atoms with E-state index in [4.69, 9.17) is 4.74 Å². The van der Waals surface area contributed by atoms with E-state index in [-0.39, 0.29) is 16.3 Å². The summed E-state index contributed by atoms with van der Waals surface area (Å²) in [5, 5.41) is 19.7. The smallest absolute Gasteiger partial charge is 0.382 e. The van der Waals surface area contributed by atoms with Gasteiger partial charge in [0, 0.05) is 0 Å². The Bertz CT molecular complexity index is 367. The van der Waals surface area contributed by atoms with Gasteiger partial charge in [-0.1, -0.05) is 90.4 Å². The van der Waals surface area contributed by atoms with Crippen LogP contribution in [0.5, 0.6) is 0 Å². The minimum atomic E-state index is -0.344. The van der Waals surface area contributed by atoms with Crippen molar-refractivity contribution >= 4 is 0 Å². The minimum Gasteiger partial charge on any atom is -0.474 e. The summed E-state index contributed by atoms with van der Waals surface area (Å²) in [6.07, 6.45) is 20.2. The SMILES string of the molecule is CCCCCCCCCCCCCCCCC[N+](C)(C)C(O)=C(O)OCC. The molecular formula is C23H48NO3+. The zero-order valence-electron chi connectivity index (χ0n) is 18.8. The standard InChI is InChI=1S/C23H47NO3/c1-5-7-8-9-10-11-12-13-14-15-16-17-18-19-20-21-24(3,4)22(25)23(26)27-6-2/h5-21H2,1-4H3,(H-,25,26)/p+1. The Morgan fingerprint density at radius 2 is 1.00 bits per heavy atom. The first-order chi connectivity index (χ1) is 13.0. The van der Waals surface area contributed by atoms with Crippen LogP contribution in [-0.2, 0) is 4.74 Å². The third kappa shape index (κ3) is 14.8. The van der Waals surface area contributed by atoms with Crippen LogP contribution in [0.25, 0.3) is 0 Å². The normalized spacial score (nSPS) is 12.9. The van der Waals surface area contributed by atoms with Crippen LogP contribution in [0, 0.1) is 0 Å². The van der Waals surface area contributed by atoms with Gasteiger partial charge in [-0.25, -0.2) is 0 Å². The number of ether oxygens (including phenoxy) is 1. The van der Waals surface area contributed by atoms with Gasteiger partial charge in [-0.2, -0.15) is 0 Å². The van der Waals surface area contributed by atoms with Crippen molar-refractivity contribution in [3.63, 3.8) is 0 Å². The van der Waals surface area contributed by atoms with Gasteiger partial charge >= 0.3 is 11.8 Å². The lowest BCUT2D eigenvalue weighted by Crippen LogP contribution is -2.40. The molecule has 4 nitrogen and oxygen atoms in total. The molecule has 0 rings (SSSR count). The summed E-state index contributed by atoms with van der Waals surface area (Å²) in [6, 6.07) is 0. The van der Waals surface area contributed by atoms with Crippen molar-refractivity contribution in [2.24, 2.45) is 0 Å². The molecule has 0 aromatic rings. The summed E-state index contributed by atoms with van der Waals surface area (Å²) >= 11 is 0. The molecule has 0 aliphatic carbocycles. The van der Waals surface area contributed by atoms with Crippen LogP contribution in [0.4, 0.5) is 0 Å². The highest BCUT2D eigenvalue weighted by Crippen LogP contribution is 2.16. The monoisotopic (exact) mass is 386 g/mol. The number of hydrogen-bond acceptors (Lipinski definition) is 3. The van der Waals surface area contributed by atoms with E-state index in [1.165, 1.54) is 89.9 Å². The van der Waals surface area contributed by atoms with Crippen LogP contribution in [0.1, 0.15) is 110 Å². The van der Waals surface area contributed by atoms with Crippen LogP contribution >= 0.6 is 0 Å². The summed E-state index contributed by atoms with van der Waals surface area (Å²) in [6.45, 7) is 5.23. The van der Waals surface area contributed by atoms with Crippen LogP contribution in [0.15, 0.2) is 11.8 Å². The summed E-state index contributed by atoms with van der Waals surface area (Å²) in [5.74, 6) is -0.425. The predicted octanol–water partition coefficient (Wildman–Crippen LogP) is 7.21. The summed E-state index contributed by atoms with van der Waals surface area (Å²) in [4.78, 5) is 0. The molecule has 0 aliphatic rings. The van der Waals surface area contributed by atoms with Gasteiger partial charge in [0.15, 0.2) is 0 Å². The maximum atomic E-state index is 10.1. The average Bonchev–Trinajstić information content (AvgIpc) is 2.64. The molecule has 0 spiro atoms. The first-order valence-corrected chi connectivity index (χ1v) is 11.5. The lowest BCUT2D eigenvalue weighted by molar-refractivity contribution is -0.869. The first-order valence-electron chi connectivity index (χ1n) is 11.5. The van der Waals surface area contributed by atoms with Crippen molar-refractivity contribution in [1.82, 2.24) is 0 Å². The third-order valence-electron chi connectivity index (χ3n) is 5.37. The number of aliphatic hydroxyl groups is 2. The van der Waals surface area contributed by atoms with E-state index in [9.17, 15) is 10.2 Å². The van der Waals surface area contributed by atoms with Gasteiger partial charge in [-0.15, -0.1) is 0 Å². The Morgan fingerprint density at radius 1 is 0.630 bits per heavy atom. The van der Waals surface area contributed by atoms with Gasteiger partial charge < -0.3 is 14.9 Å². The lowest BCUT2D eigenvalue weighted by Gasteiger charge is -2.27. The molecule has 27 heavy (non-hydrogen) atoms. The fourth-order valence-corrected chi connectivity index (χ4v) is 3.44. The highest BCUT2D eigenvalue weighted by atomic mass is 16.6. The molecule has 0 amide bonds. The van der Waals surface area contributed by atoms with Gasteiger partial charge in [0.05, 0.1) is 27.2 Å². The largest absolute Gasteiger partial charge is 0.474 e. The van der Waals surface area contributed by atoms with Crippen molar-refractivity contribution in [3.05, 3.63) is 11.8 Å². The van der Waals surface area contributed by atoms with Gasteiger partial charge in [0.1, 0.15) is 0 Å². The Balaban J connectivity index is 3.48. The number of unbranched alkanes of at least 4 members (excludes halogenated alkanes) is 14. The number of nitrogens with zero attached hydrogens (tertiary/aromatic N) is 1. The van der Waals surface area contributed by atoms with E-state index < -0.39 is 0 Å².